The number of hydrogen-bond donors (Lipinski definition) is 1. The highest BCUT2D eigenvalue weighted by molar-refractivity contribution is 5.96. The number of aryl methyl sites for hydroxylation is 2. The summed E-state index contributed by atoms with van der Waals surface area (Å²) < 4.78 is 35.3. The highest BCUT2D eigenvalue weighted by Gasteiger charge is 2.38. The number of hydroxylamine groups is 1. The summed E-state index contributed by atoms with van der Waals surface area (Å²) in [5, 5.41) is 4.07. The van der Waals surface area contributed by atoms with E-state index in [1.54, 1.807) is 4.90 Å². The van der Waals surface area contributed by atoms with Crippen LogP contribution in [-0.2, 0) is 9.63 Å². The molecule has 0 saturated carbocycles. The summed E-state index contributed by atoms with van der Waals surface area (Å²) in [6.07, 6.45) is 1.58. The van der Waals surface area contributed by atoms with Crippen LogP contribution in [0.2, 0.25) is 0 Å². The molecule has 36 heavy (non-hydrogen) atoms. The van der Waals surface area contributed by atoms with Crippen molar-refractivity contribution in [3.8, 4) is 11.1 Å². The summed E-state index contributed by atoms with van der Waals surface area (Å²) in [5.74, 6) is -0.645. The topological polar surface area (TPSA) is 85.4 Å². The van der Waals surface area contributed by atoms with Crippen molar-refractivity contribution >= 4 is 22.6 Å². The van der Waals surface area contributed by atoms with Crippen LogP contribution in [0.4, 0.5) is 14.5 Å². The molecule has 1 N–H and O–H groups in total. The Hall–Kier alpha value is -3.63. The number of halogens is 2. The monoisotopic (exact) mass is 493 g/mol. The molecule has 2 aliphatic rings. The third-order valence-corrected chi connectivity index (χ3v) is 7.07. The molecule has 2 fully saturated rings. The van der Waals surface area contributed by atoms with Crippen LogP contribution in [0, 0.1) is 25.5 Å². The number of nitrogens with one attached hydrogen (secondary N) is 1. The molecular weight excluding hydrogens is 468 g/mol. The number of benzene rings is 2. The zero-order valence-electron chi connectivity index (χ0n) is 19.9. The summed E-state index contributed by atoms with van der Waals surface area (Å²) in [5.41, 5.74) is 7.68. The Morgan fingerprint density at radius 2 is 1.94 bits per heavy atom. The minimum Gasteiger partial charge on any atom is -0.361 e. The normalized spacial score (nSPS) is 20.6. The van der Waals surface area contributed by atoms with Crippen LogP contribution in [0.5, 0.6) is 0 Å². The Morgan fingerprint density at radius 3 is 2.67 bits per heavy atom. The summed E-state index contributed by atoms with van der Waals surface area (Å²) in [6.45, 7) is 4.89. The van der Waals surface area contributed by atoms with Crippen molar-refractivity contribution in [3.05, 3.63) is 65.3 Å². The quantitative estimate of drug-likeness (QED) is 0.434. The molecule has 2 saturated heterocycles. The lowest BCUT2D eigenvalue weighted by Gasteiger charge is -2.30. The van der Waals surface area contributed by atoms with Gasteiger partial charge in [0.15, 0.2) is 11.6 Å². The van der Waals surface area contributed by atoms with Gasteiger partial charge in [-0.2, -0.15) is 0 Å². The molecule has 0 aliphatic carbocycles. The van der Waals surface area contributed by atoms with Gasteiger partial charge in [-0.1, -0.05) is 11.2 Å². The van der Waals surface area contributed by atoms with Crippen LogP contribution in [0.25, 0.3) is 22.2 Å². The second-order valence-corrected chi connectivity index (χ2v) is 9.30. The minimum atomic E-state index is -0.989. The van der Waals surface area contributed by atoms with Crippen LogP contribution >= 0.6 is 0 Å². The highest BCUT2D eigenvalue weighted by atomic mass is 19.2. The second-order valence-electron chi connectivity index (χ2n) is 9.30. The maximum atomic E-state index is 14.1. The minimum absolute atomic E-state index is 0.0474. The number of hydrogen-bond acceptors (Lipinski definition) is 6. The molecule has 0 spiro atoms. The van der Waals surface area contributed by atoms with Gasteiger partial charge in [-0.25, -0.2) is 19.2 Å². The fourth-order valence-electron chi connectivity index (χ4n) is 5.42. The Morgan fingerprint density at radius 1 is 1.08 bits per heavy atom. The van der Waals surface area contributed by atoms with Gasteiger partial charge in [-0.15, -0.1) is 0 Å². The van der Waals surface area contributed by atoms with Crippen molar-refractivity contribution in [2.24, 2.45) is 0 Å². The molecule has 2 atom stereocenters. The third kappa shape index (κ3) is 3.68. The number of nitrogens with zero attached hydrogens (tertiary/aromatic N) is 4. The lowest BCUT2D eigenvalue weighted by atomic mass is 10.0. The number of carbonyl (C=O) groups excluding carboxylic acids is 1. The predicted molar refractivity (Wildman–Crippen MR) is 128 cm³/mol. The molecule has 0 radical (unpaired) electrons. The summed E-state index contributed by atoms with van der Waals surface area (Å²) in [6, 6.07) is 9.25. The first-order valence-corrected chi connectivity index (χ1v) is 12.0. The van der Waals surface area contributed by atoms with E-state index in [1.165, 1.54) is 6.07 Å². The van der Waals surface area contributed by atoms with E-state index < -0.39 is 17.7 Å². The SMILES string of the molecule is Cc1noc(C)c1-c1ccc2c(c1)nc([C@@H]1CCC(=O)N1c1ccc(F)c(F)c1)n2C1CCONC1. The van der Waals surface area contributed by atoms with Gasteiger partial charge in [0, 0.05) is 30.3 Å². The Bertz CT molecular complexity index is 1450. The van der Waals surface area contributed by atoms with Gasteiger partial charge in [-0.3, -0.25) is 4.79 Å². The second kappa shape index (κ2) is 8.79. The van der Waals surface area contributed by atoms with Crippen molar-refractivity contribution in [3.63, 3.8) is 0 Å². The largest absolute Gasteiger partial charge is 0.361 e. The Kier molecular flexibility index (Phi) is 5.57. The van der Waals surface area contributed by atoms with Crippen molar-refractivity contribution in [2.75, 3.05) is 18.1 Å². The third-order valence-electron chi connectivity index (χ3n) is 7.07. The number of imidazole rings is 1. The number of amides is 1. The van der Waals surface area contributed by atoms with Gasteiger partial charge in [-0.05, 0) is 56.5 Å². The van der Waals surface area contributed by atoms with E-state index in [-0.39, 0.29) is 11.9 Å². The van der Waals surface area contributed by atoms with Crippen LogP contribution < -0.4 is 10.4 Å². The van der Waals surface area contributed by atoms with Gasteiger partial charge in [0.25, 0.3) is 0 Å². The van der Waals surface area contributed by atoms with Gasteiger partial charge in [0.05, 0.1) is 35.4 Å². The van der Waals surface area contributed by atoms with E-state index in [4.69, 9.17) is 14.3 Å². The summed E-state index contributed by atoms with van der Waals surface area (Å²) in [7, 11) is 0. The van der Waals surface area contributed by atoms with Gasteiger partial charge < -0.3 is 18.8 Å². The first-order chi connectivity index (χ1) is 17.4. The summed E-state index contributed by atoms with van der Waals surface area (Å²) >= 11 is 0. The molecule has 1 amide bonds. The molecule has 4 aromatic rings. The fourth-order valence-corrected chi connectivity index (χ4v) is 5.42. The standard InChI is InChI=1S/C26H25F2N5O3/c1-14-25(15(2)36-31-14)16-3-6-22-21(11-16)30-26(33(22)18-9-10-35-29-13-18)23-7-8-24(34)32(23)17-4-5-19(27)20(28)12-17/h3-6,11-12,18,23,29H,7-10,13H2,1-2H3/t18?,23-/m0/s1. The lowest BCUT2D eigenvalue weighted by molar-refractivity contribution is -0.117. The van der Waals surface area contributed by atoms with Crippen LogP contribution in [0.3, 0.4) is 0 Å². The van der Waals surface area contributed by atoms with E-state index in [0.29, 0.717) is 37.5 Å². The van der Waals surface area contributed by atoms with Crippen molar-refractivity contribution < 1.29 is 22.9 Å². The number of carbonyl (C=O) groups is 1. The molecule has 10 heteroatoms. The molecule has 8 nitrogen and oxygen atoms in total. The maximum Gasteiger partial charge on any atom is 0.227 e. The average molecular weight is 494 g/mol. The zero-order chi connectivity index (χ0) is 25.0. The first-order valence-electron chi connectivity index (χ1n) is 12.0. The van der Waals surface area contributed by atoms with Gasteiger partial charge >= 0.3 is 0 Å². The Labute approximate surface area is 205 Å². The number of aromatic nitrogens is 3. The summed E-state index contributed by atoms with van der Waals surface area (Å²) in [4.78, 5) is 24.9. The molecule has 6 rings (SSSR count). The smallest absolute Gasteiger partial charge is 0.227 e. The molecule has 0 bridgehead atoms. The zero-order valence-corrected chi connectivity index (χ0v) is 19.9. The van der Waals surface area contributed by atoms with Crippen molar-refractivity contribution in [2.45, 2.75) is 45.2 Å². The van der Waals surface area contributed by atoms with E-state index in [0.717, 1.165) is 52.2 Å². The van der Waals surface area contributed by atoms with Crippen molar-refractivity contribution in [1.82, 2.24) is 20.2 Å². The van der Waals surface area contributed by atoms with Crippen molar-refractivity contribution in [1.29, 1.82) is 0 Å². The fraction of sp³-hybridized carbons (Fsp3) is 0.346. The van der Waals surface area contributed by atoms with E-state index >= 15 is 0 Å². The van der Waals surface area contributed by atoms with Crippen LogP contribution in [-0.4, -0.2) is 33.8 Å². The van der Waals surface area contributed by atoms with Crippen LogP contribution in [0.15, 0.2) is 40.9 Å². The molecule has 1 unspecified atom stereocenters. The van der Waals surface area contributed by atoms with Crippen LogP contribution in [0.1, 0.15) is 48.6 Å². The van der Waals surface area contributed by atoms with Gasteiger partial charge in [0.1, 0.15) is 11.6 Å². The molecule has 4 heterocycles. The number of anilines is 1. The molecule has 2 aliphatic heterocycles. The number of rotatable bonds is 4. The maximum absolute atomic E-state index is 14.1. The molecule has 2 aromatic heterocycles. The molecule has 2 aromatic carbocycles. The van der Waals surface area contributed by atoms with E-state index in [1.807, 2.05) is 32.0 Å². The van der Waals surface area contributed by atoms with E-state index in [9.17, 15) is 13.6 Å². The number of fused-ring (bicyclic) bond motifs is 1. The molecule has 186 valence electrons. The van der Waals surface area contributed by atoms with Gasteiger partial charge in [0.2, 0.25) is 5.91 Å². The predicted octanol–water partition coefficient (Wildman–Crippen LogP) is 4.92. The first kappa shape index (κ1) is 22.8. The van der Waals surface area contributed by atoms with E-state index in [2.05, 4.69) is 15.2 Å². The lowest BCUT2D eigenvalue weighted by Crippen LogP contribution is -2.35. The average Bonchev–Trinajstić information content (AvgIpc) is 3.55. The Balaban J connectivity index is 1.51. The highest BCUT2D eigenvalue weighted by Crippen LogP contribution is 2.40. The molecular formula is C26H25F2N5O3.